The molecule has 2 N–H and O–H groups in total. The minimum Gasteiger partial charge on any atom is -0.388 e. The van der Waals surface area contributed by atoms with Crippen LogP contribution < -0.4 is 0 Å². The molecule has 6 heteroatoms. The number of rotatable bonds is 8. The van der Waals surface area contributed by atoms with Gasteiger partial charge in [-0.1, -0.05) is 19.3 Å². The van der Waals surface area contributed by atoms with E-state index in [0.717, 1.165) is 38.5 Å². The number of aliphatic hydroxyl groups excluding tert-OH is 2. The van der Waals surface area contributed by atoms with E-state index >= 15 is 0 Å². The van der Waals surface area contributed by atoms with Gasteiger partial charge in [0.25, 0.3) is 0 Å². The van der Waals surface area contributed by atoms with Crippen LogP contribution in [0, 0.1) is 0 Å². The molecule has 2 rings (SSSR count). The largest absolute Gasteiger partial charge is 0.388 e. The number of hydrogen-bond acceptors (Lipinski definition) is 6. The third-order valence-electron chi connectivity index (χ3n) is 3.78. The molecule has 0 bridgehead atoms. The monoisotopic (exact) mass is 304 g/mol. The molecule has 2 heterocycles. The van der Waals surface area contributed by atoms with E-state index in [1.807, 2.05) is 0 Å². The smallest absolute Gasteiger partial charge is 0.157 e. The number of unbranched alkanes of at least 4 members (excludes halogenated alkanes) is 4. The molecule has 0 saturated carbocycles. The Bertz CT molecular complexity index is 233. The molecule has 0 radical (unpaired) electrons. The summed E-state index contributed by atoms with van der Waals surface area (Å²) in [5, 5.41) is 18.5. The lowest BCUT2D eigenvalue weighted by molar-refractivity contribution is -0.219. The van der Waals surface area contributed by atoms with Gasteiger partial charge >= 0.3 is 0 Å². The molecule has 0 unspecified atom stereocenters. The zero-order valence-electron chi connectivity index (χ0n) is 12.6. The molecule has 0 atom stereocenters. The Morgan fingerprint density at radius 2 is 0.905 bits per heavy atom. The molecule has 124 valence electrons. The van der Waals surface area contributed by atoms with Gasteiger partial charge in [-0.2, -0.15) is 0 Å². The van der Waals surface area contributed by atoms with Crippen molar-refractivity contribution in [3.05, 3.63) is 0 Å². The van der Waals surface area contributed by atoms with E-state index in [1.165, 1.54) is 6.42 Å². The molecular weight excluding hydrogens is 276 g/mol. The summed E-state index contributed by atoms with van der Waals surface area (Å²) in [7, 11) is 0. The van der Waals surface area contributed by atoms with E-state index in [9.17, 15) is 10.2 Å². The van der Waals surface area contributed by atoms with Crippen LogP contribution in [0.1, 0.15) is 44.9 Å². The Kier molecular flexibility index (Phi) is 7.92. The first-order valence-corrected chi connectivity index (χ1v) is 8.06. The summed E-state index contributed by atoms with van der Waals surface area (Å²) in [6.45, 7) is 1.56. The first-order chi connectivity index (χ1) is 10.2. The van der Waals surface area contributed by atoms with Crippen molar-refractivity contribution < 1.29 is 29.2 Å². The zero-order valence-corrected chi connectivity index (χ0v) is 12.6. The Labute approximate surface area is 126 Å². The van der Waals surface area contributed by atoms with Gasteiger partial charge in [0.2, 0.25) is 0 Å². The van der Waals surface area contributed by atoms with Crippen molar-refractivity contribution in [2.75, 3.05) is 26.4 Å². The van der Waals surface area contributed by atoms with Crippen molar-refractivity contribution in [3.8, 4) is 0 Å². The van der Waals surface area contributed by atoms with Crippen molar-refractivity contribution in [1.82, 2.24) is 0 Å². The minimum absolute atomic E-state index is 0.135. The van der Waals surface area contributed by atoms with Crippen LogP contribution in [-0.2, 0) is 18.9 Å². The third-order valence-corrected chi connectivity index (χ3v) is 3.78. The van der Waals surface area contributed by atoms with Gasteiger partial charge in [-0.25, -0.2) is 0 Å². The second-order valence-corrected chi connectivity index (χ2v) is 5.85. The molecule has 0 aromatic carbocycles. The van der Waals surface area contributed by atoms with Gasteiger partial charge in [-0.3, -0.25) is 0 Å². The van der Waals surface area contributed by atoms with Crippen LogP contribution in [0.15, 0.2) is 0 Å². The highest BCUT2D eigenvalue weighted by molar-refractivity contribution is 4.61. The lowest BCUT2D eigenvalue weighted by Gasteiger charge is -2.26. The average molecular weight is 304 g/mol. The summed E-state index contributed by atoms with van der Waals surface area (Å²) < 4.78 is 21.5. The zero-order chi connectivity index (χ0) is 14.9. The summed E-state index contributed by atoms with van der Waals surface area (Å²) >= 11 is 0. The summed E-state index contributed by atoms with van der Waals surface area (Å²) in [5.74, 6) is 0. The first-order valence-electron chi connectivity index (χ1n) is 8.06. The average Bonchev–Trinajstić information content (AvgIpc) is 2.50. The van der Waals surface area contributed by atoms with Gasteiger partial charge in [0.05, 0.1) is 26.4 Å². The second kappa shape index (κ2) is 9.71. The van der Waals surface area contributed by atoms with Crippen LogP contribution in [0.3, 0.4) is 0 Å². The first kappa shape index (κ1) is 17.1. The molecule has 2 fully saturated rings. The maximum atomic E-state index is 9.23. The molecule has 0 aliphatic carbocycles. The molecule has 0 aromatic heterocycles. The summed E-state index contributed by atoms with van der Waals surface area (Å²) in [6.07, 6.45) is 6.29. The topological polar surface area (TPSA) is 77.4 Å². The highest BCUT2D eigenvalue weighted by Crippen LogP contribution is 2.16. The lowest BCUT2D eigenvalue weighted by Crippen LogP contribution is -2.35. The molecule has 0 spiro atoms. The predicted octanol–water partition coefficient (Wildman–Crippen LogP) is 1.18. The van der Waals surface area contributed by atoms with Crippen LogP contribution in [0.25, 0.3) is 0 Å². The normalized spacial score (nSPS) is 34.0. The van der Waals surface area contributed by atoms with Crippen LogP contribution in [-0.4, -0.2) is 61.4 Å². The predicted molar refractivity (Wildman–Crippen MR) is 75.7 cm³/mol. The molecular formula is C15H28O6. The Morgan fingerprint density at radius 3 is 1.29 bits per heavy atom. The lowest BCUT2D eigenvalue weighted by atomic mass is 10.1. The molecule has 0 amide bonds. The molecule has 0 aromatic rings. The maximum Gasteiger partial charge on any atom is 0.157 e. The molecule has 2 saturated heterocycles. The van der Waals surface area contributed by atoms with E-state index in [2.05, 4.69) is 0 Å². The van der Waals surface area contributed by atoms with Gasteiger partial charge in [0.1, 0.15) is 12.2 Å². The van der Waals surface area contributed by atoms with E-state index in [0.29, 0.717) is 26.4 Å². The summed E-state index contributed by atoms with van der Waals surface area (Å²) in [6, 6.07) is 0. The third kappa shape index (κ3) is 7.04. The van der Waals surface area contributed by atoms with Crippen molar-refractivity contribution in [3.63, 3.8) is 0 Å². The van der Waals surface area contributed by atoms with E-state index < -0.39 is 12.2 Å². The fraction of sp³-hybridized carbons (Fsp3) is 1.00. The van der Waals surface area contributed by atoms with Gasteiger partial charge in [0, 0.05) is 0 Å². The van der Waals surface area contributed by atoms with Gasteiger partial charge in [-0.15, -0.1) is 0 Å². The van der Waals surface area contributed by atoms with Crippen LogP contribution in [0.4, 0.5) is 0 Å². The number of hydrogen-bond donors (Lipinski definition) is 2. The molecule has 21 heavy (non-hydrogen) atoms. The Hall–Kier alpha value is -0.240. The SMILES string of the molecule is OC1COC(CCCCCCCC2OCC(O)CO2)OC1. The van der Waals surface area contributed by atoms with Gasteiger partial charge < -0.3 is 29.2 Å². The van der Waals surface area contributed by atoms with Gasteiger partial charge in [0.15, 0.2) is 12.6 Å². The van der Waals surface area contributed by atoms with Gasteiger partial charge in [-0.05, 0) is 25.7 Å². The molecule has 6 nitrogen and oxygen atoms in total. The highest BCUT2D eigenvalue weighted by atomic mass is 16.7. The summed E-state index contributed by atoms with van der Waals surface area (Å²) in [5.41, 5.74) is 0. The summed E-state index contributed by atoms with van der Waals surface area (Å²) in [4.78, 5) is 0. The quantitative estimate of drug-likeness (QED) is 0.656. The fourth-order valence-electron chi connectivity index (χ4n) is 2.55. The standard InChI is InChI=1S/C15H28O6/c16-12-8-18-14(19-9-12)6-4-2-1-3-5-7-15-20-10-13(17)11-21-15/h12-17H,1-11H2. The molecule has 2 aliphatic rings. The maximum absolute atomic E-state index is 9.23. The fourth-order valence-corrected chi connectivity index (χ4v) is 2.55. The number of ether oxygens (including phenoxy) is 4. The van der Waals surface area contributed by atoms with Crippen molar-refractivity contribution in [2.24, 2.45) is 0 Å². The van der Waals surface area contributed by atoms with Crippen molar-refractivity contribution in [2.45, 2.75) is 69.7 Å². The second-order valence-electron chi connectivity index (χ2n) is 5.85. The molecule has 2 aliphatic heterocycles. The van der Waals surface area contributed by atoms with Crippen molar-refractivity contribution >= 4 is 0 Å². The van der Waals surface area contributed by atoms with Crippen LogP contribution in [0.2, 0.25) is 0 Å². The van der Waals surface area contributed by atoms with Crippen LogP contribution in [0.5, 0.6) is 0 Å². The van der Waals surface area contributed by atoms with E-state index in [-0.39, 0.29) is 12.6 Å². The minimum atomic E-state index is -0.466. The number of aliphatic hydroxyl groups is 2. The van der Waals surface area contributed by atoms with E-state index in [1.54, 1.807) is 0 Å². The van der Waals surface area contributed by atoms with Crippen molar-refractivity contribution in [1.29, 1.82) is 0 Å². The Morgan fingerprint density at radius 1 is 0.571 bits per heavy atom. The van der Waals surface area contributed by atoms with E-state index in [4.69, 9.17) is 18.9 Å². The Balaban J connectivity index is 1.37. The highest BCUT2D eigenvalue weighted by Gasteiger charge is 2.20. The van der Waals surface area contributed by atoms with Crippen LogP contribution >= 0.6 is 0 Å².